The van der Waals surface area contributed by atoms with Gasteiger partial charge in [0.1, 0.15) is 11.5 Å². The van der Waals surface area contributed by atoms with E-state index in [0.29, 0.717) is 5.82 Å². The quantitative estimate of drug-likeness (QED) is 0.702. The Morgan fingerprint density at radius 1 is 1.24 bits per heavy atom. The Morgan fingerprint density at radius 2 is 2.18 bits per heavy atom. The van der Waals surface area contributed by atoms with E-state index in [-0.39, 0.29) is 0 Å². The van der Waals surface area contributed by atoms with Crippen LogP contribution in [0, 0.1) is 0 Å². The van der Waals surface area contributed by atoms with Crippen LogP contribution in [0.4, 0.5) is 5.82 Å². The van der Waals surface area contributed by atoms with Gasteiger partial charge in [-0.1, -0.05) is 0 Å². The van der Waals surface area contributed by atoms with E-state index < -0.39 is 0 Å². The van der Waals surface area contributed by atoms with E-state index in [1.165, 1.54) is 0 Å². The van der Waals surface area contributed by atoms with Gasteiger partial charge in [-0.05, 0) is 30.3 Å². The summed E-state index contributed by atoms with van der Waals surface area (Å²) < 4.78 is 5.28. The molecule has 0 fully saturated rings. The van der Waals surface area contributed by atoms with Gasteiger partial charge in [0.05, 0.1) is 12.0 Å². The Morgan fingerprint density at radius 3 is 2.94 bits per heavy atom. The van der Waals surface area contributed by atoms with Crippen molar-refractivity contribution in [3.05, 3.63) is 42.8 Å². The molecular formula is C12H10N4O. The van der Waals surface area contributed by atoms with E-state index in [1.807, 2.05) is 30.3 Å². The first-order valence-corrected chi connectivity index (χ1v) is 5.15. The second-order valence-corrected chi connectivity index (χ2v) is 3.58. The van der Waals surface area contributed by atoms with E-state index in [9.17, 15) is 0 Å². The molecule has 0 saturated heterocycles. The van der Waals surface area contributed by atoms with Crippen LogP contribution in [0.1, 0.15) is 0 Å². The SMILES string of the molecule is Nc1ncccc1-c1cc(-c2ccco2)[nH]n1. The highest BCUT2D eigenvalue weighted by Crippen LogP contribution is 2.26. The first-order chi connectivity index (χ1) is 8.34. The number of nitrogens with one attached hydrogen (secondary N) is 1. The molecule has 0 aliphatic carbocycles. The van der Waals surface area contributed by atoms with Gasteiger partial charge in [0.2, 0.25) is 0 Å². The molecule has 3 heterocycles. The molecule has 3 aromatic heterocycles. The van der Waals surface area contributed by atoms with Crippen LogP contribution in [0.15, 0.2) is 47.2 Å². The van der Waals surface area contributed by atoms with Crippen molar-refractivity contribution < 1.29 is 4.42 Å². The first kappa shape index (κ1) is 9.65. The minimum absolute atomic E-state index is 0.463. The van der Waals surface area contributed by atoms with E-state index in [0.717, 1.165) is 22.7 Å². The predicted molar refractivity (Wildman–Crippen MR) is 63.9 cm³/mol. The van der Waals surface area contributed by atoms with E-state index in [2.05, 4.69) is 15.2 Å². The number of furan rings is 1. The molecule has 0 spiro atoms. The topological polar surface area (TPSA) is 80.7 Å². The van der Waals surface area contributed by atoms with Crippen LogP contribution in [0.25, 0.3) is 22.7 Å². The van der Waals surface area contributed by atoms with Crippen molar-refractivity contribution >= 4 is 5.82 Å². The molecule has 84 valence electrons. The van der Waals surface area contributed by atoms with Gasteiger partial charge in [0.25, 0.3) is 0 Å². The Kier molecular flexibility index (Phi) is 2.15. The van der Waals surface area contributed by atoms with Crippen LogP contribution in [0.2, 0.25) is 0 Å². The zero-order valence-corrected chi connectivity index (χ0v) is 8.92. The molecule has 3 N–H and O–H groups in total. The van der Waals surface area contributed by atoms with Gasteiger partial charge in [0, 0.05) is 11.8 Å². The summed E-state index contributed by atoms with van der Waals surface area (Å²) in [7, 11) is 0. The van der Waals surface area contributed by atoms with Crippen molar-refractivity contribution in [1.82, 2.24) is 15.2 Å². The van der Waals surface area contributed by atoms with Gasteiger partial charge in [-0.2, -0.15) is 5.10 Å². The molecule has 5 heteroatoms. The highest BCUT2D eigenvalue weighted by Gasteiger charge is 2.09. The van der Waals surface area contributed by atoms with Crippen molar-refractivity contribution in [2.45, 2.75) is 0 Å². The number of aromatic amines is 1. The molecule has 0 aliphatic rings. The third kappa shape index (κ3) is 1.67. The molecule has 0 radical (unpaired) electrons. The molecule has 17 heavy (non-hydrogen) atoms. The fraction of sp³-hybridized carbons (Fsp3) is 0. The Balaban J connectivity index is 2.04. The van der Waals surface area contributed by atoms with Crippen molar-refractivity contribution in [3.8, 4) is 22.7 Å². The van der Waals surface area contributed by atoms with E-state index in [1.54, 1.807) is 12.5 Å². The lowest BCUT2D eigenvalue weighted by Crippen LogP contribution is -1.92. The molecule has 3 aromatic rings. The fourth-order valence-electron chi connectivity index (χ4n) is 1.65. The molecule has 0 saturated carbocycles. The number of nitrogen functional groups attached to an aromatic ring is 1. The van der Waals surface area contributed by atoms with Crippen molar-refractivity contribution in [3.63, 3.8) is 0 Å². The standard InChI is InChI=1S/C12H10N4O/c13-12-8(3-1-5-14-12)9-7-10(16-15-9)11-4-2-6-17-11/h1-7H,(H2,13,14)(H,15,16). The minimum Gasteiger partial charge on any atom is -0.463 e. The molecule has 0 bridgehead atoms. The maximum Gasteiger partial charge on any atom is 0.151 e. The lowest BCUT2D eigenvalue weighted by molar-refractivity contribution is 0.580. The van der Waals surface area contributed by atoms with Gasteiger partial charge in [0.15, 0.2) is 5.76 Å². The second-order valence-electron chi connectivity index (χ2n) is 3.58. The predicted octanol–water partition coefficient (Wildman–Crippen LogP) is 2.31. The summed E-state index contributed by atoms with van der Waals surface area (Å²) in [6.07, 6.45) is 3.27. The van der Waals surface area contributed by atoms with Crippen molar-refractivity contribution in [1.29, 1.82) is 0 Å². The average molecular weight is 226 g/mol. The van der Waals surface area contributed by atoms with Crippen molar-refractivity contribution in [2.24, 2.45) is 0 Å². The van der Waals surface area contributed by atoms with Crippen LogP contribution >= 0.6 is 0 Å². The molecule has 0 unspecified atom stereocenters. The van der Waals surface area contributed by atoms with Gasteiger partial charge >= 0.3 is 0 Å². The summed E-state index contributed by atoms with van der Waals surface area (Å²) in [6, 6.07) is 9.28. The van der Waals surface area contributed by atoms with Crippen LogP contribution < -0.4 is 5.73 Å². The van der Waals surface area contributed by atoms with Crippen LogP contribution in [0.3, 0.4) is 0 Å². The molecule has 3 rings (SSSR count). The molecule has 0 aliphatic heterocycles. The first-order valence-electron chi connectivity index (χ1n) is 5.15. The summed E-state index contributed by atoms with van der Waals surface area (Å²) in [5.41, 5.74) is 8.16. The van der Waals surface area contributed by atoms with Crippen LogP contribution in [-0.2, 0) is 0 Å². The van der Waals surface area contributed by atoms with Gasteiger partial charge in [-0.25, -0.2) is 4.98 Å². The normalized spacial score (nSPS) is 10.6. The largest absolute Gasteiger partial charge is 0.463 e. The number of aromatic nitrogens is 3. The second kappa shape index (κ2) is 3.79. The number of pyridine rings is 1. The number of hydrogen-bond acceptors (Lipinski definition) is 4. The van der Waals surface area contributed by atoms with Crippen molar-refractivity contribution in [2.75, 3.05) is 5.73 Å². The van der Waals surface area contributed by atoms with Crippen LogP contribution in [0.5, 0.6) is 0 Å². The summed E-state index contributed by atoms with van der Waals surface area (Å²) in [5, 5.41) is 7.11. The zero-order valence-electron chi connectivity index (χ0n) is 8.92. The monoisotopic (exact) mass is 226 g/mol. The maximum atomic E-state index is 5.79. The van der Waals surface area contributed by atoms with Gasteiger partial charge in [-0.15, -0.1) is 0 Å². The number of rotatable bonds is 2. The number of nitrogens with two attached hydrogens (primary N) is 1. The smallest absolute Gasteiger partial charge is 0.151 e. The van der Waals surface area contributed by atoms with Gasteiger partial charge < -0.3 is 10.2 Å². The lowest BCUT2D eigenvalue weighted by Gasteiger charge is -1.98. The summed E-state index contributed by atoms with van der Waals surface area (Å²) >= 11 is 0. The number of H-pyrrole nitrogens is 1. The highest BCUT2D eigenvalue weighted by atomic mass is 16.3. The average Bonchev–Trinajstić information content (AvgIpc) is 3.00. The van der Waals surface area contributed by atoms with Gasteiger partial charge in [-0.3, -0.25) is 5.10 Å². The molecule has 0 aromatic carbocycles. The maximum absolute atomic E-state index is 5.79. The summed E-state index contributed by atoms with van der Waals surface area (Å²) in [6.45, 7) is 0. The van der Waals surface area contributed by atoms with E-state index in [4.69, 9.17) is 10.2 Å². The Bertz CT molecular complexity index is 628. The number of nitrogens with zero attached hydrogens (tertiary/aromatic N) is 2. The molecule has 0 amide bonds. The third-order valence-corrected chi connectivity index (χ3v) is 2.48. The Labute approximate surface area is 97.3 Å². The van der Waals surface area contributed by atoms with E-state index >= 15 is 0 Å². The molecular weight excluding hydrogens is 216 g/mol. The molecule has 0 atom stereocenters. The fourth-order valence-corrected chi connectivity index (χ4v) is 1.65. The number of anilines is 1. The zero-order chi connectivity index (χ0) is 11.7. The summed E-state index contributed by atoms with van der Waals surface area (Å²) in [4.78, 5) is 4.03. The van der Waals surface area contributed by atoms with Crippen LogP contribution in [-0.4, -0.2) is 15.2 Å². The lowest BCUT2D eigenvalue weighted by atomic mass is 10.2. The molecule has 5 nitrogen and oxygen atoms in total. The highest BCUT2D eigenvalue weighted by molar-refractivity contribution is 5.73. The third-order valence-electron chi connectivity index (χ3n) is 2.48. The minimum atomic E-state index is 0.463. The summed E-state index contributed by atoms with van der Waals surface area (Å²) in [5.74, 6) is 1.20. The Hall–Kier alpha value is -2.56. The number of hydrogen-bond donors (Lipinski definition) is 2.